The summed E-state index contributed by atoms with van der Waals surface area (Å²) in [4.78, 5) is 24.6. The molecular weight excluding hydrogens is 289 g/mol. The van der Waals surface area contributed by atoms with Crippen molar-refractivity contribution in [1.82, 2.24) is 4.90 Å². The summed E-state index contributed by atoms with van der Waals surface area (Å²) < 4.78 is 18.6. The highest BCUT2D eigenvalue weighted by molar-refractivity contribution is 5.78. The average Bonchev–Trinajstić information content (AvgIpc) is 2.53. The molecule has 0 radical (unpaired) electrons. The zero-order valence-corrected chi connectivity index (χ0v) is 12.3. The largest absolute Gasteiger partial charge is 0.491 e. The standard InChI is InChI=1S/C16H20FNO4/c17-13-6-1-2-7-14(13)22-10-4-8-15(19)18-9-3-5-12(11-18)16(20)21/h1-2,6-7,12H,3-5,8-11H2,(H,20,21). The van der Waals surface area contributed by atoms with Gasteiger partial charge in [0.15, 0.2) is 11.6 Å². The molecule has 1 unspecified atom stereocenters. The number of halogens is 1. The number of nitrogens with zero attached hydrogens (tertiary/aromatic N) is 1. The zero-order chi connectivity index (χ0) is 15.9. The maximum atomic E-state index is 13.3. The van der Waals surface area contributed by atoms with Crippen LogP contribution in [0.25, 0.3) is 0 Å². The lowest BCUT2D eigenvalue weighted by molar-refractivity contribution is -0.145. The van der Waals surface area contributed by atoms with E-state index >= 15 is 0 Å². The van der Waals surface area contributed by atoms with Crippen LogP contribution in [-0.4, -0.2) is 41.6 Å². The first kappa shape index (κ1) is 16.3. The number of hydrogen-bond donors (Lipinski definition) is 1. The molecule has 1 fully saturated rings. The van der Waals surface area contributed by atoms with Gasteiger partial charge in [0, 0.05) is 19.5 Å². The summed E-state index contributed by atoms with van der Waals surface area (Å²) in [6.07, 6.45) is 2.09. The number of ether oxygens (including phenoxy) is 1. The van der Waals surface area contributed by atoms with Gasteiger partial charge in [-0.3, -0.25) is 9.59 Å². The molecule has 1 N–H and O–H groups in total. The van der Waals surface area contributed by atoms with Crippen LogP contribution in [0.5, 0.6) is 5.75 Å². The van der Waals surface area contributed by atoms with Gasteiger partial charge in [0.25, 0.3) is 0 Å². The van der Waals surface area contributed by atoms with Crippen LogP contribution in [0.15, 0.2) is 24.3 Å². The van der Waals surface area contributed by atoms with E-state index in [1.807, 2.05) is 0 Å². The summed E-state index contributed by atoms with van der Waals surface area (Å²) in [7, 11) is 0. The minimum atomic E-state index is -0.847. The fourth-order valence-electron chi connectivity index (χ4n) is 2.53. The maximum Gasteiger partial charge on any atom is 0.308 e. The van der Waals surface area contributed by atoms with Gasteiger partial charge < -0.3 is 14.7 Å². The summed E-state index contributed by atoms with van der Waals surface area (Å²) in [5.41, 5.74) is 0. The number of rotatable bonds is 6. The molecule has 5 nitrogen and oxygen atoms in total. The lowest BCUT2D eigenvalue weighted by atomic mass is 9.98. The van der Waals surface area contributed by atoms with Gasteiger partial charge in [0.2, 0.25) is 5.91 Å². The number of hydrogen-bond acceptors (Lipinski definition) is 3. The van der Waals surface area contributed by atoms with E-state index in [0.717, 1.165) is 0 Å². The van der Waals surface area contributed by atoms with Crippen molar-refractivity contribution >= 4 is 11.9 Å². The van der Waals surface area contributed by atoms with Crippen molar-refractivity contribution < 1.29 is 23.8 Å². The van der Waals surface area contributed by atoms with E-state index in [4.69, 9.17) is 9.84 Å². The Morgan fingerprint density at radius 3 is 2.86 bits per heavy atom. The zero-order valence-electron chi connectivity index (χ0n) is 12.3. The Bertz CT molecular complexity index is 535. The Morgan fingerprint density at radius 2 is 2.14 bits per heavy atom. The second-order valence-electron chi connectivity index (χ2n) is 5.40. The summed E-state index contributed by atoms with van der Waals surface area (Å²) in [6.45, 7) is 1.14. The number of aliphatic carboxylic acids is 1. The van der Waals surface area contributed by atoms with Crippen molar-refractivity contribution in [2.45, 2.75) is 25.7 Å². The molecule has 0 saturated carbocycles. The number of piperidine rings is 1. The van der Waals surface area contributed by atoms with E-state index in [1.54, 1.807) is 23.1 Å². The molecule has 1 saturated heterocycles. The van der Waals surface area contributed by atoms with Crippen molar-refractivity contribution in [3.63, 3.8) is 0 Å². The number of carboxylic acid groups (broad SMARTS) is 1. The van der Waals surface area contributed by atoms with E-state index in [9.17, 15) is 14.0 Å². The maximum absolute atomic E-state index is 13.3. The quantitative estimate of drug-likeness (QED) is 0.819. The monoisotopic (exact) mass is 309 g/mol. The first-order valence-corrected chi connectivity index (χ1v) is 7.46. The van der Waals surface area contributed by atoms with E-state index in [2.05, 4.69) is 0 Å². The molecule has 1 amide bonds. The number of amides is 1. The van der Waals surface area contributed by atoms with Crippen molar-refractivity contribution in [2.75, 3.05) is 19.7 Å². The minimum Gasteiger partial charge on any atom is -0.491 e. The number of benzene rings is 1. The average molecular weight is 309 g/mol. The summed E-state index contributed by atoms with van der Waals surface area (Å²) >= 11 is 0. The molecule has 1 atom stereocenters. The molecule has 1 aromatic rings. The van der Waals surface area contributed by atoms with Crippen molar-refractivity contribution in [3.8, 4) is 5.75 Å². The molecule has 0 spiro atoms. The molecule has 22 heavy (non-hydrogen) atoms. The molecule has 0 bridgehead atoms. The van der Waals surface area contributed by atoms with Crippen molar-refractivity contribution in [3.05, 3.63) is 30.1 Å². The van der Waals surface area contributed by atoms with Gasteiger partial charge >= 0.3 is 5.97 Å². The molecule has 1 aromatic carbocycles. The predicted molar refractivity (Wildman–Crippen MR) is 78.1 cm³/mol. The highest BCUT2D eigenvalue weighted by Gasteiger charge is 2.27. The minimum absolute atomic E-state index is 0.0666. The number of carbonyl (C=O) groups excluding carboxylic acids is 1. The Labute approximate surface area is 128 Å². The number of carbonyl (C=O) groups is 2. The summed E-state index contributed by atoms with van der Waals surface area (Å²) in [6, 6.07) is 6.13. The second kappa shape index (κ2) is 7.77. The lowest BCUT2D eigenvalue weighted by Crippen LogP contribution is -2.42. The molecular formula is C16H20FNO4. The van der Waals surface area contributed by atoms with Crippen LogP contribution in [0.3, 0.4) is 0 Å². The van der Waals surface area contributed by atoms with E-state index in [-0.39, 0.29) is 31.2 Å². The highest BCUT2D eigenvalue weighted by atomic mass is 19.1. The Balaban J connectivity index is 1.71. The SMILES string of the molecule is O=C(O)C1CCCN(C(=O)CCCOc2ccccc2F)C1. The van der Waals surface area contributed by atoms with Crippen LogP contribution >= 0.6 is 0 Å². The Kier molecular flexibility index (Phi) is 5.75. The number of para-hydroxylation sites is 1. The molecule has 0 aliphatic carbocycles. The Morgan fingerprint density at radius 1 is 1.36 bits per heavy atom. The molecule has 2 rings (SSSR count). The fraction of sp³-hybridized carbons (Fsp3) is 0.500. The first-order chi connectivity index (χ1) is 10.6. The van der Waals surface area contributed by atoms with Gasteiger partial charge in [-0.05, 0) is 31.4 Å². The van der Waals surface area contributed by atoms with Crippen LogP contribution in [0.2, 0.25) is 0 Å². The van der Waals surface area contributed by atoms with Gasteiger partial charge in [0.1, 0.15) is 0 Å². The normalized spacial score (nSPS) is 18.0. The molecule has 6 heteroatoms. The molecule has 1 aliphatic heterocycles. The third-order valence-corrected chi connectivity index (χ3v) is 3.75. The van der Waals surface area contributed by atoms with Crippen LogP contribution < -0.4 is 4.74 Å². The number of carboxylic acids is 1. The van der Waals surface area contributed by atoms with Gasteiger partial charge in [-0.1, -0.05) is 12.1 Å². The summed E-state index contributed by atoms with van der Waals surface area (Å²) in [5, 5.41) is 9.01. The molecule has 120 valence electrons. The predicted octanol–water partition coefficient (Wildman–Crippen LogP) is 2.31. The van der Waals surface area contributed by atoms with E-state index in [0.29, 0.717) is 25.8 Å². The third kappa shape index (κ3) is 4.44. The Hall–Kier alpha value is -2.11. The topological polar surface area (TPSA) is 66.8 Å². The molecule has 0 aromatic heterocycles. The second-order valence-corrected chi connectivity index (χ2v) is 5.40. The van der Waals surface area contributed by atoms with Crippen molar-refractivity contribution in [1.29, 1.82) is 0 Å². The third-order valence-electron chi connectivity index (χ3n) is 3.75. The van der Waals surface area contributed by atoms with Crippen LogP contribution in [0.4, 0.5) is 4.39 Å². The van der Waals surface area contributed by atoms with Gasteiger partial charge in [-0.15, -0.1) is 0 Å². The van der Waals surface area contributed by atoms with Crippen LogP contribution in [0, 0.1) is 11.7 Å². The van der Waals surface area contributed by atoms with Gasteiger partial charge in [-0.2, -0.15) is 0 Å². The van der Waals surface area contributed by atoms with Gasteiger partial charge in [0.05, 0.1) is 12.5 Å². The molecule has 1 aliphatic rings. The van der Waals surface area contributed by atoms with Gasteiger partial charge in [-0.25, -0.2) is 4.39 Å². The fourth-order valence-corrected chi connectivity index (χ4v) is 2.53. The summed E-state index contributed by atoms with van der Waals surface area (Å²) in [5.74, 6) is -1.62. The van der Waals surface area contributed by atoms with Crippen molar-refractivity contribution in [2.24, 2.45) is 5.92 Å². The van der Waals surface area contributed by atoms with E-state index in [1.165, 1.54) is 6.07 Å². The smallest absolute Gasteiger partial charge is 0.308 e. The highest BCUT2D eigenvalue weighted by Crippen LogP contribution is 2.18. The van der Waals surface area contributed by atoms with Crippen LogP contribution in [-0.2, 0) is 9.59 Å². The van der Waals surface area contributed by atoms with Crippen LogP contribution in [0.1, 0.15) is 25.7 Å². The molecule has 1 heterocycles. The van der Waals surface area contributed by atoms with E-state index < -0.39 is 17.7 Å². The first-order valence-electron chi connectivity index (χ1n) is 7.46. The lowest BCUT2D eigenvalue weighted by Gasteiger charge is -2.30. The number of likely N-dealkylation sites (tertiary alicyclic amines) is 1.